The number of alkyl halides is 3. The summed E-state index contributed by atoms with van der Waals surface area (Å²) in [6.45, 7) is 1.72. The van der Waals surface area contributed by atoms with Gasteiger partial charge in [0.05, 0.1) is 21.1 Å². The molecule has 1 aromatic heterocycles. The number of amides is 1. The van der Waals surface area contributed by atoms with E-state index in [9.17, 15) is 28.1 Å². The number of nitro groups is 1. The van der Waals surface area contributed by atoms with Gasteiger partial charge in [0, 0.05) is 24.2 Å². The van der Waals surface area contributed by atoms with Crippen LogP contribution in [0.1, 0.15) is 21.7 Å². The van der Waals surface area contributed by atoms with Gasteiger partial charge in [0.2, 0.25) is 0 Å². The molecule has 0 saturated heterocycles. The second kappa shape index (κ2) is 8.79. The molecule has 3 aromatic rings. The Kier molecular flexibility index (Phi) is 6.46. The number of aromatic nitrogens is 2. The molecule has 0 spiro atoms. The van der Waals surface area contributed by atoms with E-state index in [0.717, 1.165) is 19.2 Å². The lowest BCUT2D eigenvalue weighted by Crippen LogP contribution is -2.14. The molecule has 8 nitrogen and oxygen atoms in total. The minimum atomic E-state index is -4.75. The molecule has 0 atom stereocenters. The number of non-ortho nitro benzene ring substituents is 1. The number of carbonyl (C=O) groups is 1. The molecule has 2 aromatic carbocycles. The summed E-state index contributed by atoms with van der Waals surface area (Å²) < 4.78 is 45.1. The van der Waals surface area contributed by atoms with E-state index in [-0.39, 0.29) is 11.4 Å². The van der Waals surface area contributed by atoms with Gasteiger partial charge in [0.15, 0.2) is 11.4 Å². The number of benzene rings is 2. The molecule has 0 radical (unpaired) electrons. The molecule has 3 rings (SSSR count). The number of halogens is 5. The molecule has 0 unspecified atom stereocenters. The maximum absolute atomic E-state index is 13.2. The Labute approximate surface area is 192 Å². The van der Waals surface area contributed by atoms with Gasteiger partial charge in [0.1, 0.15) is 11.5 Å². The first-order valence-corrected chi connectivity index (χ1v) is 9.88. The zero-order valence-corrected chi connectivity index (χ0v) is 18.7. The van der Waals surface area contributed by atoms with Crippen molar-refractivity contribution in [1.82, 2.24) is 9.78 Å². The van der Waals surface area contributed by atoms with Gasteiger partial charge >= 0.3 is 6.18 Å². The first kappa shape index (κ1) is 23.5. The van der Waals surface area contributed by atoms with Crippen LogP contribution in [-0.4, -0.2) is 20.6 Å². The highest BCUT2D eigenvalue weighted by Gasteiger charge is 2.39. The fourth-order valence-corrected chi connectivity index (χ4v) is 3.78. The monoisotopic (exact) mass is 532 g/mol. The van der Waals surface area contributed by atoms with Crippen LogP contribution >= 0.6 is 27.5 Å². The number of carbonyl (C=O) groups excluding carboxylic acids is 1. The summed E-state index contributed by atoms with van der Waals surface area (Å²) in [5.74, 6) is -0.609. The fraction of sp³-hybridized carbons (Fsp3) is 0.158. The summed E-state index contributed by atoms with van der Waals surface area (Å²) in [7, 11) is 1.04. The molecule has 168 valence electrons. The molecule has 32 heavy (non-hydrogen) atoms. The number of nitrogens with one attached hydrogen (secondary N) is 1. The summed E-state index contributed by atoms with van der Waals surface area (Å²) in [5, 5.41) is 17.7. The smallest absolute Gasteiger partial charge is 0.434 e. The molecular formula is C19H13BrClF3N4O4. The van der Waals surface area contributed by atoms with E-state index in [1.165, 1.54) is 6.07 Å². The lowest BCUT2D eigenvalue weighted by molar-refractivity contribution is -0.384. The van der Waals surface area contributed by atoms with Crippen LogP contribution in [-0.2, 0) is 13.2 Å². The van der Waals surface area contributed by atoms with Crippen molar-refractivity contribution < 1.29 is 27.6 Å². The summed E-state index contributed by atoms with van der Waals surface area (Å²) >= 11 is 8.66. The fourth-order valence-electron chi connectivity index (χ4n) is 2.82. The van der Waals surface area contributed by atoms with Crippen molar-refractivity contribution in [1.29, 1.82) is 0 Å². The zero-order valence-electron chi connectivity index (χ0n) is 16.3. The molecule has 1 heterocycles. The normalized spacial score (nSPS) is 11.3. The minimum Gasteiger partial charge on any atom is -0.457 e. The third kappa shape index (κ3) is 5.02. The molecular weight excluding hydrogens is 521 g/mol. The van der Waals surface area contributed by atoms with Gasteiger partial charge in [0.25, 0.3) is 11.6 Å². The van der Waals surface area contributed by atoms with E-state index in [4.69, 9.17) is 16.3 Å². The van der Waals surface area contributed by atoms with Crippen LogP contribution in [0.4, 0.5) is 24.5 Å². The Balaban J connectivity index is 1.94. The standard InChI is InChI=1S/C19H13BrClF3N4O4/c1-9-5-10(21)3-4-14(9)32-13-7-11(6-12(8-13)28(30)31)25-18(29)16-15(20)17(19(22,23)24)27(2)26-16/h3-8H,1-2H3,(H,25,29). The number of nitrogens with zero attached hydrogens (tertiary/aromatic N) is 3. The zero-order chi connectivity index (χ0) is 23.8. The highest BCUT2D eigenvalue weighted by molar-refractivity contribution is 9.10. The Morgan fingerprint density at radius 1 is 1.28 bits per heavy atom. The molecule has 13 heteroatoms. The second-order valence-electron chi connectivity index (χ2n) is 6.57. The number of anilines is 1. The molecule has 1 amide bonds. The Morgan fingerprint density at radius 3 is 2.53 bits per heavy atom. The third-order valence-electron chi connectivity index (χ3n) is 4.20. The summed E-state index contributed by atoms with van der Waals surface area (Å²) in [6, 6.07) is 8.25. The lowest BCUT2D eigenvalue weighted by Gasteiger charge is -2.11. The molecule has 0 aliphatic heterocycles. The van der Waals surface area contributed by atoms with Crippen LogP contribution in [0.25, 0.3) is 0 Å². The van der Waals surface area contributed by atoms with Crippen molar-refractivity contribution in [2.45, 2.75) is 13.1 Å². The first-order valence-electron chi connectivity index (χ1n) is 8.71. The van der Waals surface area contributed by atoms with Crippen LogP contribution in [0.5, 0.6) is 11.5 Å². The van der Waals surface area contributed by atoms with Crippen LogP contribution in [0.3, 0.4) is 0 Å². The SMILES string of the molecule is Cc1cc(Cl)ccc1Oc1cc(NC(=O)c2nn(C)c(C(F)(F)F)c2Br)cc([N+](=O)[O-])c1. The third-order valence-corrected chi connectivity index (χ3v) is 5.18. The van der Waals surface area contributed by atoms with Crippen LogP contribution in [0.15, 0.2) is 40.9 Å². The largest absolute Gasteiger partial charge is 0.457 e. The molecule has 0 aliphatic carbocycles. The van der Waals surface area contributed by atoms with E-state index < -0.39 is 38.6 Å². The molecule has 0 saturated carbocycles. The van der Waals surface area contributed by atoms with Crippen molar-refractivity contribution in [3.05, 3.63) is 73.0 Å². The number of nitro benzene ring substituents is 1. The van der Waals surface area contributed by atoms with Crippen LogP contribution in [0, 0.1) is 17.0 Å². The average molecular weight is 534 g/mol. The van der Waals surface area contributed by atoms with Gasteiger partial charge in [-0.25, -0.2) is 0 Å². The summed E-state index contributed by atoms with van der Waals surface area (Å²) in [6.07, 6.45) is -4.75. The van der Waals surface area contributed by atoms with Crippen molar-refractivity contribution in [3.8, 4) is 11.5 Å². The molecule has 0 bridgehead atoms. The van der Waals surface area contributed by atoms with Gasteiger partial charge in [-0.1, -0.05) is 11.6 Å². The van der Waals surface area contributed by atoms with Crippen LogP contribution < -0.4 is 10.1 Å². The maximum atomic E-state index is 13.2. The predicted molar refractivity (Wildman–Crippen MR) is 113 cm³/mol. The molecule has 0 aliphatic rings. The number of hydrogen-bond acceptors (Lipinski definition) is 5. The topological polar surface area (TPSA) is 99.3 Å². The second-order valence-corrected chi connectivity index (χ2v) is 7.80. The van der Waals surface area contributed by atoms with Gasteiger partial charge in [-0.15, -0.1) is 0 Å². The lowest BCUT2D eigenvalue weighted by atomic mass is 10.2. The quantitative estimate of drug-likeness (QED) is 0.315. The Bertz CT molecular complexity index is 1230. The number of aryl methyl sites for hydroxylation is 2. The van der Waals surface area contributed by atoms with Crippen LogP contribution in [0.2, 0.25) is 5.02 Å². The van der Waals surface area contributed by atoms with Crippen molar-refractivity contribution >= 4 is 44.8 Å². The maximum Gasteiger partial charge on any atom is 0.434 e. The van der Waals surface area contributed by atoms with Gasteiger partial charge < -0.3 is 10.1 Å². The van der Waals surface area contributed by atoms with E-state index in [1.54, 1.807) is 25.1 Å². The highest BCUT2D eigenvalue weighted by Crippen LogP contribution is 2.37. The predicted octanol–water partition coefficient (Wildman–Crippen LogP) is 6.12. The van der Waals surface area contributed by atoms with Gasteiger partial charge in [-0.3, -0.25) is 19.6 Å². The number of rotatable bonds is 5. The number of ether oxygens (including phenoxy) is 1. The van der Waals surface area contributed by atoms with E-state index in [0.29, 0.717) is 21.0 Å². The van der Waals surface area contributed by atoms with Gasteiger partial charge in [-0.2, -0.15) is 18.3 Å². The molecule has 0 fully saturated rings. The van der Waals surface area contributed by atoms with Crippen molar-refractivity contribution in [3.63, 3.8) is 0 Å². The van der Waals surface area contributed by atoms with Crippen molar-refractivity contribution in [2.24, 2.45) is 7.05 Å². The summed E-state index contributed by atoms with van der Waals surface area (Å²) in [5.41, 5.74) is -1.50. The van der Waals surface area contributed by atoms with E-state index >= 15 is 0 Å². The minimum absolute atomic E-state index is 0.0241. The average Bonchev–Trinajstić information content (AvgIpc) is 2.98. The van der Waals surface area contributed by atoms with E-state index in [2.05, 4.69) is 26.3 Å². The van der Waals surface area contributed by atoms with E-state index in [1.807, 2.05) is 0 Å². The Morgan fingerprint density at radius 2 is 1.97 bits per heavy atom. The Hall–Kier alpha value is -3.12. The van der Waals surface area contributed by atoms with Gasteiger partial charge in [-0.05, 0) is 46.6 Å². The highest BCUT2D eigenvalue weighted by atomic mass is 79.9. The first-order chi connectivity index (χ1) is 14.9. The summed E-state index contributed by atoms with van der Waals surface area (Å²) in [4.78, 5) is 23.2. The number of hydrogen-bond donors (Lipinski definition) is 1. The molecule has 1 N–H and O–H groups in total. The van der Waals surface area contributed by atoms with Crippen molar-refractivity contribution in [2.75, 3.05) is 5.32 Å².